The van der Waals surface area contributed by atoms with Crippen LogP contribution in [0, 0.1) is 0 Å². The molecular formula is C16H11ClF3N5O. The molecule has 0 aliphatic rings. The number of halogens is 4. The van der Waals surface area contributed by atoms with Gasteiger partial charge in [0.2, 0.25) is 5.95 Å². The summed E-state index contributed by atoms with van der Waals surface area (Å²) >= 11 is 5.94. The second-order valence-electron chi connectivity index (χ2n) is 5.55. The second kappa shape index (κ2) is 5.80. The van der Waals surface area contributed by atoms with Gasteiger partial charge < -0.3 is 19.6 Å². The van der Waals surface area contributed by atoms with E-state index in [0.717, 1.165) is 5.52 Å². The van der Waals surface area contributed by atoms with Crippen molar-refractivity contribution in [2.45, 2.75) is 6.36 Å². The van der Waals surface area contributed by atoms with Crippen molar-refractivity contribution in [3.63, 3.8) is 0 Å². The van der Waals surface area contributed by atoms with Gasteiger partial charge in [-0.25, -0.2) is 9.97 Å². The SMILES string of the molecule is Cn1c(Nc2c[nH]c3ccc(Cl)nc23)nc2ccc(OC(F)(F)F)cc21. The number of nitrogens with one attached hydrogen (secondary N) is 2. The van der Waals surface area contributed by atoms with Gasteiger partial charge in [-0.15, -0.1) is 13.2 Å². The van der Waals surface area contributed by atoms with Crippen LogP contribution in [0.5, 0.6) is 5.75 Å². The number of H-pyrrole nitrogens is 1. The summed E-state index contributed by atoms with van der Waals surface area (Å²) in [6.07, 6.45) is -3.03. The van der Waals surface area contributed by atoms with Crippen molar-refractivity contribution in [1.29, 1.82) is 0 Å². The fourth-order valence-corrected chi connectivity index (χ4v) is 2.82. The van der Waals surface area contributed by atoms with Crippen LogP contribution in [0.2, 0.25) is 5.15 Å². The molecule has 26 heavy (non-hydrogen) atoms. The molecule has 0 spiro atoms. The minimum absolute atomic E-state index is 0.305. The summed E-state index contributed by atoms with van der Waals surface area (Å²) in [5, 5.41) is 3.46. The van der Waals surface area contributed by atoms with Gasteiger partial charge in [0, 0.05) is 19.3 Å². The van der Waals surface area contributed by atoms with Crippen molar-refractivity contribution in [3.05, 3.63) is 41.7 Å². The number of nitrogens with zero attached hydrogens (tertiary/aromatic N) is 3. The van der Waals surface area contributed by atoms with Gasteiger partial charge in [-0.1, -0.05) is 11.6 Å². The Bertz CT molecular complexity index is 1120. The normalized spacial score (nSPS) is 12.0. The summed E-state index contributed by atoms with van der Waals surface area (Å²) in [7, 11) is 1.68. The van der Waals surface area contributed by atoms with Crippen molar-refractivity contribution in [1.82, 2.24) is 19.5 Å². The van der Waals surface area contributed by atoms with Crippen LogP contribution in [0.1, 0.15) is 0 Å². The van der Waals surface area contributed by atoms with Crippen LogP contribution in [-0.4, -0.2) is 25.9 Å². The van der Waals surface area contributed by atoms with Crippen LogP contribution < -0.4 is 10.1 Å². The largest absolute Gasteiger partial charge is 0.573 e. The van der Waals surface area contributed by atoms with E-state index in [-0.39, 0.29) is 5.75 Å². The van der Waals surface area contributed by atoms with Crippen molar-refractivity contribution in [2.24, 2.45) is 7.05 Å². The van der Waals surface area contributed by atoms with Gasteiger partial charge in [-0.3, -0.25) is 0 Å². The van der Waals surface area contributed by atoms with E-state index in [1.165, 1.54) is 18.2 Å². The summed E-state index contributed by atoms with van der Waals surface area (Å²) in [6.45, 7) is 0. The minimum atomic E-state index is -4.75. The van der Waals surface area contributed by atoms with E-state index in [2.05, 4.69) is 25.0 Å². The molecule has 0 fully saturated rings. The molecule has 0 unspecified atom stereocenters. The third-order valence-electron chi connectivity index (χ3n) is 3.82. The molecule has 0 atom stereocenters. The van der Waals surface area contributed by atoms with Crippen molar-refractivity contribution >= 4 is 45.3 Å². The fraction of sp³-hybridized carbons (Fsp3) is 0.125. The average molecular weight is 382 g/mol. The highest BCUT2D eigenvalue weighted by atomic mass is 35.5. The smallest absolute Gasteiger partial charge is 0.406 e. The predicted molar refractivity (Wildman–Crippen MR) is 91.8 cm³/mol. The number of anilines is 2. The van der Waals surface area contributed by atoms with Gasteiger partial charge in [-0.2, -0.15) is 0 Å². The first-order valence-corrected chi connectivity index (χ1v) is 7.81. The molecular weight excluding hydrogens is 371 g/mol. The van der Waals surface area contributed by atoms with Crippen LogP contribution in [0.4, 0.5) is 24.8 Å². The number of ether oxygens (including phenoxy) is 1. The number of aromatic nitrogens is 4. The fourth-order valence-electron chi connectivity index (χ4n) is 2.67. The lowest BCUT2D eigenvalue weighted by Crippen LogP contribution is -2.17. The standard InChI is InChI=1S/C16H11ClF3N5O/c1-25-12-6-8(26-16(18,19)20)2-3-9(12)22-15(25)23-11-7-21-10-4-5-13(17)24-14(10)11/h2-7,21H,1H3,(H,22,23). The highest BCUT2D eigenvalue weighted by Gasteiger charge is 2.31. The molecule has 134 valence electrons. The monoisotopic (exact) mass is 381 g/mol. The number of hydrogen-bond donors (Lipinski definition) is 2. The zero-order chi connectivity index (χ0) is 18.5. The lowest BCUT2D eigenvalue weighted by Gasteiger charge is -2.09. The van der Waals surface area contributed by atoms with E-state index in [1.54, 1.807) is 29.9 Å². The number of rotatable bonds is 3. The summed E-state index contributed by atoms with van der Waals surface area (Å²) in [5.74, 6) is 0.131. The van der Waals surface area contributed by atoms with Crippen LogP contribution in [0.25, 0.3) is 22.1 Å². The average Bonchev–Trinajstić information content (AvgIpc) is 3.09. The number of imidazole rings is 1. The van der Waals surface area contributed by atoms with Gasteiger partial charge >= 0.3 is 6.36 Å². The maximum atomic E-state index is 12.4. The number of hydrogen-bond acceptors (Lipinski definition) is 4. The molecule has 0 aliphatic carbocycles. The summed E-state index contributed by atoms with van der Waals surface area (Å²) in [6, 6.07) is 7.43. The Kier molecular flexibility index (Phi) is 3.69. The topological polar surface area (TPSA) is 67.8 Å². The van der Waals surface area contributed by atoms with E-state index in [4.69, 9.17) is 11.6 Å². The molecule has 4 aromatic rings. The zero-order valence-corrected chi connectivity index (χ0v) is 14.0. The number of fused-ring (bicyclic) bond motifs is 2. The van der Waals surface area contributed by atoms with Crippen molar-refractivity contribution in [2.75, 3.05) is 5.32 Å². The molecule has 3 aromatic heterocycles. The molecule has 0 bridgehead atoms. The summed E-state index contributed by atoms with van der Waals surface area (Å²) in [4.78, 5) is 11.7. The van der Waals surface area contributed by atoms with E-state index < -0.39 is 6.36 Å². The lowest BCUT2D eigenvalue weighted by atomic mass is 10.3. The van der Waals surface area contributed by atoms with E-state index >= 15 is 0 Å². The first kappa shape index (κ1) is 16.5. The molecule has 0 saturated heterocycles. The Labute approximate surface area is 149 Å². The highest BCUT2D eigenvalue weighted by Crippen LogP contribution is 2.30. The summed E-state index contributed by atoms with van der Waals surface area (Å²) in [5.41, 5.74) is 3.07. The molecule has 4 rings (SSSR count). The van der Waals surface area contributed by atoms with Gasteiger partial charge in [-0.05, 0) is 24.3 Å². The van der Waals surface area contributed by atoms with Gasteiger partial charge in [0.1, 0.15) is 16.4 Å². The molecule has 10 heteroatoms. The van der Waals surface area contributed by atoms with E-state index in [9.17, 15) is 13.2 Å². The third-order valence-corrected chi connectivity index (χ3v) is 4.03. The number of aryl methyl sites for hydroxylation is 1. The maximum Gasteiger partial charge on any atom is 0.573 e. The molecule has 1 aromatic carbocycles. The highest BCUT2D eigenvalue weighted by molar-refractivity contribution is 6.29. The lowest BCUT2D eigenvalue weighted by molar-refractivity contribution is -0.274. The van der Waals surface area contributed by atoms with E-state index in [0.29, 0.717) is 33.3 Å². The minimum Gasteiger partial charge on any atom is -0.406 e. The van der Waals surface area contributed by atoms with Gasteiger partial charge in [0.15, 0.2) is 0 Å². The van der Waals surface area contributed by atoms with Crippen LogP contribution in [0.15, 0.2) is 36.5 Å². The Morgan fingerprint density at radius 2 is 2.00 bits per heavy atom. The van der Waals surface area contributed by atoms with Crippen molar-refractivity contribution in [3.8, 4) is 5.75 Å². The van der Waals surface area contributed by atoms with E-state index in [1.807, 2.05) is 0 Å². The van der Waals surface area contributed by atoms with Gasteiger partial charge in [0.05, 0.1) is 22.2 Å². The quantitative estimate of drug-likeness (QED) is 0.503. The number of aromatic amines is 1. The first-order chi connectivity index (χ1) is 12.3. The number of pyridine rings is 1. The van der Waals surface area contributed by atoms with Crippen LogP contribution in [0.3, 0.4) is 0 Å². The first-order valence-electron chi connectivity index (χ1n) is 7.43. The Balaban J connectivity index is 1.72. The predicted octanol–water partition coefficient (Wildman–Crippen LogP) is 4.75. The molecule has 0 amide bonds. The molecule has 0 radical (unpaired) electrons. The third kappa shape index (κ3) is 3.01. The zero-order valence-electron chi connectivity index (χ0n) is 13.2. The Hall–Kier alpha value is -2.94. The van der Waals surface area contributed by atoms with Crippen LogP contribution in [-0.2, 0) is 7.05 Å². The molecule has 6 nitrogen and oxygen atoms in total. The second-order valence-corrected chi connectivity index (χ2v) is 5.94. The van der Waals surface area contributed by atoms with Gasteiger partial charge in [0.25, 0.3) is 0 Å². The van der Waals surface area contributed by atoms with Crippen molar-refractivity contribution < 1.29 is 17.9 Å². The molecule has 3 heterocycles. The summed E-state index contributed by atoms with van der Waals surface area (Å²) < 4.78 is 42.8. The number of alkyl halides is 3. The Morgan fingerprint density at radius 3 is 2.77 bits per heavy atom. The molecule has 2 N–H and O–H groups in total. The van der Waals surface area contributed by atoms with Crippen LogP contribution >= 0.6 is 11.6 Å². The number of benzene rings is 1. The Morgan fingerprint density at radius 1 is 1.19 bits per heavy atom. The maximum absolute atomic E-state index is 12.4. The molecule has 0 aliphatic heterocycles. The molecule has 0 saturated carbocycles.